The summed E-state index contributed by atoms with van der Waals surface area (Å²) in [6, 6.07) is 0. The summed E-state index contributed by atoms with van der Waals surface area (Å²) in [4.78, 5) is 17.1. The smallest absolute Gasteiger partial charge is 0.397 e. The van der Waals surface area contributed by atoms with Gasteiger partial charge in [0.25, 0.3) is 0 Å². The number of aryl methyl sites for hydroxylation is 1. The van der Waals surface area contributed by atoms with E-state index in [-0.39, 0.29) is 0 Å². The molecule has 0 aliphatic carbocycles. The quantitative estimate of drug-likeness (QED) is 0.464. The molecule has 1 heterocycles. The monoisotopic (exact) mass is 112 g/mol. The van der Waals surface area contributed by atoms with Crippen molar-refractivity contribution in [2.75, 3.05) is 0 Å². The third-order valence-corrected chi connectivity index (χ3v) is 0.646. The molecule has 42 valence electrons. The first-order chi connectivity index (χ1) is 3.79. The molecule has 0 aromatic carbocycles. The lowest BCUT2D eigenvalue weighted by Crippen LogP contribution is -2.05. The minimum Gasteiger partial charge on any atom is -0.397 e. The highest BCUT2D eigenvalue weighted by Gasteiger charge is 1.85. The molecule has 1 aromatic heterocycles. The van der Waals surface area contributed by atoms with E-state index in [0.29, 0.717) is 5.82 Å². The molecule has 1 rings (SSSR count). The van der Waals surface area contributed by atoms with Gasteiger partial charge in [-0.3, -0.25) is 0 Å². The molecule has 1 aromatic rings. The van der Waals surface area contributed by atoms with Gasteiger partial charge in [-0.15, -0.1) is 0 Å². The Morgan fingerprint density at radius 3 is 2.88 bits per heavy atom. The maximum atomic E-state index is 10.2. The van der Waals surface area contributed by atoms with Gasteiger partial charge >= 0.3 is 5.76 Å². The molecule has 0 saturated carbocycles. The lowest BCUT2D eigenvalue weighted by molar-refractivity contribution is 0.456. The van der Waals surface area contributed by atoms with Gasteiger partial charge in [0.05, 0.1) is 0 Å². The second kappa shape index (κ2) is 1.73. The summed E-state index contributed by atoms with van der Waals surface area (Å²) in [5.74, 6) is -0.168. The van der Waals surface area contributed by atoms with Crippen LogP contribution in [0.4, 0.5) is 0 Å². The summed E-state index contributed by atoms with van der Waals surface area (Å²) in [5, 5.41) is 0. The average molecular weight is 112 g/mol. The van der Waals surface area contributed by atoms with Gasteiger partial charge in [-0.05, 0) is 6.92 Å². The minimum absolute atomic E-state index is 0.432. The van der Waals surface area contributed by atoms with Crippen LogP contribution in [0, 0.1) is 6.92 Å². The molecule has 0 N–H and O–H groups in total. The van der Waals surface area contributed by atoms with Crippen LogP contribution in [0.2, 0.25) is 0 Å². The second-order valence-corrected chi connectivity index (χ2v) is 1.28. The number of aromatic nitrogens is 2. The van der Waals surface area contributed by atoms with Crippen molar-refractivity contribution >= 4 is 0 Å². The zero-order valence-electron chi connectivity index (χ0n) is 4.29. The molecule has 4 heteroatoms. The lowest BCUT2D eigenvalue weighted by Gasteiger charge is -1.80. The van der Waals surface area contributed by atoms with Gasteiger partial charge in [0.15, 0.2) is 6.39 Å². The van der Waals surface area contributed by atoms with Crippen molar-refractivity contribution in [2.45, 2.75) is 6.92 Å². The summed E-state index contributed by atoms with van der Waals surface area (Å²) in [6.07, 6.45) is 1.07. The SMILES string of the molecule is Cc1ncoc(=O)n1. The van der Waals surface area contributed by atoms with Gasteiger partial charge in [0.2, 0.25) is 0 Å². The normalized spacial score (nSPS) is 9.12. The zero-order chi connectivity index (χ0) is 5.98. The molecule has 0 bridgehead atoms. The fourth-order valence-electron chi connectivity index (χ4n) is 0.335. The molecule has 0 unspecified atom stereocenters. The fraction of sp³-hybridized carbons (Fsp3) is 0.250. The fourth-order valence-corrected chi connectivity index (χ4v) is 0.335. The molecule has 0 aliphatic heterocycles. The highest BCUT2D eigenvalue weighted by molar-refractivity contribution is 4.71. The first kappa shape index (κ1) is 4.96. The number of rotatable bonds is 0. The van der Waals surface area contributed by atoms with Crippen LogP contribution in [-0.2, 0) is 0 Å². The largest absolute Gasteiger partial charge is 0.441 e. The van der Waals surface area contributed by atoms with Gasteiger partial charge < -0.3 is 4.42 Å². The molecule has 4 nitrogen and oxygen atoms in total. The molecule has 0 saturated heterocycles. The van der Waals surface area contributed by atoms with E-state index in [1.165, 1.54) is 0 Å². The number of hydrogen-bond donors (Lipinski definition) is 0. The van der Waals surface area contributed by atoms with Crippen LogP contribution in [-0.4, -0.2) is 9.97 Å². The highest BCUT2D eigenvalue weighted by Crippen LogP contribution is 1.73. The predicted octanol–water partition coefficient (Wildman–Crippen LogP) is -0.262. The Kier molecular flexibility index (Phi) is 1.07. The van der Waals surface area contributed by atoms with Crippen molar-refractivity contribution in [1.82, 2.24) is 9.97 Å². The second-order valence-electron chi connectivity index (χ2n) is 1.28. The minimum atomic E-state index is -0.600. The van der Waals surface area contributed by atoms with Crippen molar-refractivity contribution in [2.24, 2.45) is 0 Å². The zero-order valence-corrected chi connectivity index (χ0v) is 4.29. The van der Waals surface area contributed by atoms with Crippen molar-refractivity contribution in [1.29, 1.82) is 0 Å². The van der Waals surface area contributed by atoms with Crippen LogP contribution in [0.1, 0.15) is 5.82 Å². The van der Waals surface area contributed by atoms with E-state index in [2.05, 4.69) is 14.4 Å². The van der Waals surface area contributed by atoms with E-state index in [1.54, 1.807) is 6.92 Å². The molecule has 0 amide bonds. The molecule has 0 spiro atoms. The summed E-state index contributed by atoms with van der Waals surface area (Å²) >= 11 is 0. The highest BCUT2D eigenvalue weighted by atomic mass is 16.4. The van der Waals surface area contributed by atoms with E-state index in [1.807, 2.05) is 0 Å². The van der Waals surface area contributed by atoms with Crippen LogP contribution in [0.25, 0.3) is 0 Å². The number of hydrogen-bond acceptors (Lipinski definition) is 4. The molecule has 0 radical (unpaired) electrons. The summed E-state index contributed by atoms with van der Waals surface area (Å²) in [5.41, 5.74) is 0. The third kappa shape index (κ3) is 0.900. The summed E-state index contributed by atoms with van der Waals surface area (Å²) in [7, 11) is 0. The van der Waals surface area contributed by atoms with Gasteiger partial charge in [0.1, 0.15) is 5.82 Å². The molecular formula is C4H4N2O2. The van der Waals surface area contributed by atoms with E-state index in [0.717, 1.165) is 6.39 Å². The van der Waals surface area contributed by atoms with Gasteiger partial charge in [-0.2, -0.15) is 4.98 Å². The van der Waals surface area contributed by atoms with E-state index in [4.69, 9.17) is 0 Å². The number of nitrogens with zero attached hydrogens (tertiary/aromatic N) is 2. The van der Waals surface area contributed by atoms with Crippen LogP contribution in [0.5, 0.6) is 0 Å². The molecule has 0 aliphatic rings. The third-order valence-electron chi connectivity index (χ3n) is 0.646. The molecule has 0 atom stereocenters. The maximum Gasteiger partial charge on any atom is 0.441 e. The topological polar surface area (TPSA) is 56.0 Å². The predicted molar refractivity (Wildman–Crippen MR) is 25.3 cm³/mol. The average Bonchev–Trinajstić information content (AvgIpc) is 1.64. The van der Waals surface area contributed by atoms with Crippen molar-refractivity contribution in [3.05, 3.63) is 22.8 Å². The van der Waals surface area contributed by atoms with E-state index >= 15 is 0 Å². The van der Waals surface area contributed by atoms with E-state index < -0.39 is 5.76 Å². The van der Waals surface area contributed by atoms with Gasteiger partial charge in [0, 0.05) is 0 Å². The Balaban J connectivity index is 3.28. The first-order valence-corrected chi connectivity index (χ1v) is 2.07. The van der Waals surface area contributed by atoms with Gasteiger partial charge in [-0.25, -0.2) is 9.78 Å². The lowest BCUT2D eigenvalue weighted by atomic mass is 10.7. The van der Waals surface area contributed by atoms with Crippen molar-refractivity contribution in [3.8, 4) is 0 Å². The maximum absolute atomic E-state index is 10.2. The Hall–Kier alpha value is -1.19. The van der Waals surface area contributed by atoms with Gasteiger partial charge in [-0.1, -0.05) is 0 Å². The van der Waals surface area contributed by atoms with E-state index in [9.17, 15) is 4.79 Å². The van der Waals surface area contributed by atoms with Crippen LogP contribution < -0.4 is 5.76 Å². The molecular weight excluding hydrogens is 108 g/mol. The summed E-state index contributed by atoms with van der Waals surface area (Å²) in [6.45, 7) is 1.62. The first-order valence-electron chi connectivity index (χ1n) is 2.07. The van der Waals surface area contributed by atoms with Crippen molar-refractivity contribution in [3.63, 3.8) is 0 Å². The standard InChI is InChI=1S/C4H4N2O2/c1-3-5-2-8-4(7)6-3/h2H,1H3. The van der Waals surface area contributed by atoms with Crippen LogP contribution >= 0.6 is 0 Å². The van der Waals surface area contributed by atoms with Crippen LogP contribution in [0.3, 0.4) is 0 Å². The molecule has 8 heavy (non-hydrogen) atoms. The summed E-state index contributed by atoms with van der Waals surface area (Å²) < 4.78 is 4.23. The Morgan fingerprint density at radius 1 is 1.75 bits per heavy atom. The Bertz CT molecular complexity index is 229. The Labute approximate surface area is 45.2 Å². The van der Waals surface area contributed by atoms with Crippen LogP contribution in [0.15, 0.2) is 15.6 Å². The van der Waals surface area contributed by atoms with Crippen molar-refractivity contribution < 1.29 is 4.42 Å². The Morgan fingerprint density at radius 2 is 2.50 bits per heavy atom. The molecule has 0 fully saturated rings.